The number of ketones is 1. The first-order chi connectivity index (χ1) is 12.9. The van der Waals surface area contributed by atoms with Crippen LogP contribution in [0.15, 0.2) is 23.9 Å². The maximum Gasteiger partial charge on any atom is 0.436 e. The third-order valence-electron chi connectivity index (χ3n) is 4.72. The van der Waals surface area contributed by atoms with E-state index in [0.717, 1.165) is 17.2 Å². The average molecular weight is 397 g/mol. The fraction of sp³-hybridized carbons (Fsp3) is 0.474. The molecule has 0 radical (unpaired) electrons. The Hall–Kier alpha value is -2.76. The van der Waals surface area contributed by atoms with Crippen molar-refractivity contribution in [3.63, 3.8) is 0 Å². The second-order valence-corrected chi connectivity index (χ2v) is 7.40. The molecule has 150 valence electrons. The highest BCUT2D eigenvalue weighted by Gasteiger charge is 2.39. The molecular formula is C19H19F4N3O2. The number of allylic oxidation sites excluding steroid dienone is 2. The second kappa shape index (κ2) is 7.70. The Morgan fingerprint density at radius 3 is 2.64 bits per heavy atom. The van der Waals surface area contributed by atoms with Gasteiger partial charge in [-0.1, -0.05) is 19.9 Å². The minimum atomic E-state index is -5.00. The largest absolute Gasteiger partial charge is 0.436 e. The van der Waals surface area contributed by atoms with Gasteiger partial charge in [-0.05, 0) is 24.8 Å². The highest BCUT2D eigenvalue weighted by atomic mass is 19.4. The van der Waals surface area contributed by atoms with E-state index in [1.807, 2.05) is 6.07 Å². The zero-order valence-corrected chi connectivity index (χ0v) is 15.6. The number of nitriles is 1. The standard InChI is InChI=1S/C19H19F4N3O2/c1-18(2)9-11(8-12(10-24)16(18)27)5-7-26(3)17(28)13-4-6-25-15(14(13)20)19(21,22)23/h4,6,8,11H,5,7,9H2,1-3H3. The van der Waals surface area contributed by atoms with Crippen LogP contribution in [0.1, 0.15) is 42.7 Å². The van der Waals surface area contributed by atoms with Crippen molar-refractivity contribution in [2.75, 3.05) is 13.6 Å². The van der Waals surface area contributed by atoms with Crippen LogP contribution in [0.3, 0.4) is 0 Å². The van der Waals surface area contributed by atoms with E-state index in [9.17, 15) is 27.2 Å². The number of aromatic nitrogens is 1. The van der Waals surface area contributed by atoms with Gasteiger partial charge in [-0.2, -0.15) is 18.4 Å². The third kappa shape index (κ3) is 4.38. The monoisotopic (exact) mass is 397 g/mol. The van der Waals surface area contributed by atoms with Gasteiger partial charge in [0.1, 0.15) is 6.07 Å². The maximum atomic E-state index is 14.1. The zero-order chi connectivity index (χ0) is 21.3. The van der Waals surface area contributed by atoms with Crippen LogP contribution in [-0.4, -0.2) is 35.2 Å². The fourth-order valence-corrected chi connectivity index (χ4v) is 3.23. The van der Waals surface area contributed by atoms with Crippen LogP contribution in [0.2, 0.25) is 0 Å². The first-order valence-electron chi connectivity index (χ1n) is 8.52. The molecular weight excluding hydrogens is 378 g/mol. The quantitative estimate of drug-likeness (QED) is 0.725. The number of carbonyl (C=O) groups excluding carboxylic acids is 2. The van der Waals surface area contributed by atoms with Crippen LogP contribution < -0.4 is 0 Å². The van der Waals surface area contributed by atoms with Crippen molar-refractivity contribution in [3.8, 4) is 6.07 Å². The summed E-state index contributed by atoms with van der Waals surface area (Å²) in [4.78, 5) is 28.6. The molecule has 0 N–H and O–H groups in total. The number of nitrogens with zero attached hydrogens (tertiary/aromatic N) is 3. The van der Waals surface area contributed by atoms with Crippen LogP contribution in [0.5, 0.6) is 0 Å². The summed E-state index contributed by atoms with van der Waals surface area (Å²) in [6.45, 7) is 3.57. The Labute approximate surface area is 159 Å². The lowest BCUT2D eigenvalue weighted by atomic mass is 9.71. The van der Waals surface area contributed by atoms with Crippen molar-refractivity contribution >= 4 is 11.7 Å². The van der Waals surface area contributed by atoms with Crippen molar-refractivity contribution in [2.24, 2.45) is 11.3 Å². The van der Waals surface area contributed by atoms with Gasteiger partial charge in [0.2, 0.25) is 0 Å². The van der Waals surface area contributed by atoms with Crippen LogP contribution in [-0.2, 0) is 11.0 Å². The van der Waals surface area contributed by atoms with E-state index in [-0.39, 0.29) is 23.8 Å². The van der Waals surface area contributed by atoms with E-state index in [0.29, 0.717) is 12.8 Å². The van der Waals surface area contributed by atoms with E-state index in [4.69, 9.17) is 5.26 Å². The number of rotatable bonds is 4. The summed E-state index contributed by atoms with van der Waals surface area (Å²) in [5.41, 5.74) is -3.10. The van der Waals surface area contributed by atoms with E-state index in [1.165, 1.54) is 7.05 Å². The Kier molecular flexibility index (Phi) is 5.92. The SMILES string of the molecule is CN(CCC1C=C(C#N)C(=O)C(C)(C)C1)C(=O)c1ccnc(C(F)(F)F)c1F. The predicted molar refractivity (Wildman–Crippen MR) is 91.4 cm³/mol. The van der Waals surface area contributed by atoms with Crippen molar-refractivity contribution < 1.29 is 27.2 Å². The molecule has 2 rings (SSSR count). The Bertz CT molecular complexity index is 869. The molecule has 0 bridgehead atoms. The van der Waals surface area contributed by atoms with Crippen LogP contribution in [0, 0.1) is 28.5 Å². The predicted octanol–water partition coefficient (Wildman–Crippen LogP) is 3.77. The van der Waals surface area contributed by atoms with Gasteiger partial charge in [0, 0.05) is 25.2 Å². The molecule has 1 aromatic rings. The lowest BCUT2D eigenvalue weighted by Gasteiger charge is -2.32. The Balaban J connectivity index is 2.13. The minimum absolute atomic E-state index is 0.0604. The molecule has 1 heterocycles. The second-order valence-electron chi connectivity index (χ2n) is 7.40. The van der Waals surface area contributed by atoms with Gasteiger partial charge < -0.3 is 4.90 Å². The van der Waals surface area contributed by atoms with Gasteiger partial charge in [0.25, 0.3) is 5.91 Å². The molecule has 1 unspecified atom stereocenters. The molecule has 0 aliphatic heterocycles. The zero-order valence-electron chi connectivity index (χ0n) is 15.6. The van der Waals surface area contributed by atoms with Crippen LogP contribution in [0.25, 0.3) is 0 Å². The van der Waals surface area contributed by atoms with Gasteiger partial charge in [0.15, 0.2) is 17.3 Å². The topological polar surface area (TPSA) is 74.1 Å². The first kappa shape index (κ1) is 21.5. The highest BCUT2D eigenvalue weighted by molar-refractivity contribution is 6.03. The van der Waals surface area contributed by atoms with E-state index in [1.54, 1.807) is 19.9 Å². The molecule has 1 aliphatic rings. The van der Waals surface area contributed by atoms with E-state index in [2.05, 4.69) is 4.98 Å². The number of halogens is 4. The number of amides is 1. The Morgan fingerprint density at radius 1 is 1.43 bits per heavy atom. The molecule has 1 amide bonds. The maximum absolute atomic E-state index is 14.1. The van der Waals surface area contributed by atoms with Crippen molar-refractivity contribution in [1.82, 2.24) is 9.88 Å². The lowest BCUT2D eigenvalue weighted by molar-refractivity contribution is -0.143. The van der Waals surface area contributed by atoms with E-state index < -0.39 is 34.6 Å². The first-order valence-corrected chi connectivity index (χ1v) is 8.52. The summed E-state index contributed by atoms with van der Waals surface area (Å²) in [5, 5.41) is 9.10. The van der Waals surface area contributed by atoms with Gasteiger partial charge in [-0.25, -0.2) is 9.37 Å². The molecule has 1 aliphatic carbocycles. The normalized spacial score (nSPS) is 19.0. The highest BCUT2D eigenvalue weighted by Crippen LogP contribution is 2.36. The number of pyridine rings is 1. The molecule has 9 heteroatoms. The lowest BCUT2D eigenvalue weighted by Crippen LogP contribution is -2.35. The molecule has 28 heavy (non-hydrogen) atoms. The molecule has 0 aromatic carbocycles. The van der Waals surface area contributed by atoms with Gasteiger partial charge >= 0.3 is 6.18 Å². The summed E-state index contributed by atoms with van der Waals surface area (Å²) >= 11 is 0. The summed E-state index contributed by atoms with van der Waals surface area (Å²) in [6.07, 6.45) is -1.85. The number of Topliss-reactive ketones (excluding diaryl/α,β-unsaturated/α-hetero) is 1. The molecule has 0 saturated heterocycles. The minimum Gasteiger partial charge on any atom is -0.342 e. The summed E-state index contributed by atoms with van der Waals surface area (Å²) in [6, 6.07) is 2.77. The number of hydrogen-bond donors (Lipinski definition) is 0. The molecule has 0 fully saturated rings. The number of carbonyl (C=O) groups is 2. The van der Waals surface area contributed by atoms with Crippen LogP contribution in [0.4, 0.5) is 17.6 Å². The molecule has 1 atom stereocenters. The molecule has 0 saturated carbocycles. The smallest absolute Gasteiger partial charge is 0.342 e. The Morgan fingerprint density at radius 2 is 2.07 bits per heavy atom. The van der Waals surface area contributed by atoms with Crippen molar-refractivity contribution in [2.45, 2.75) is 32.9 Å². The van der Waals surface area contributed by atoms with Crippen molar-refractivity contribution in [1.29, 1.82) is 5.26 Å². The molecule has 1 aromatic heterocycles. The third-order valence-corrected chi connectivity index (χ3v) is 4.72. The van der Waals surface area contributed by atoms with Gasteiger partial charge in [-0.3, -0.25) is 9.59 Å². The van der Waals surface area contributed by atoms with E-state index >= 15 is 0 Å². The van der Waals surface area contributed by atoms with Crippen molar-refractivity contribution in [3.05, 3.63) is 41.0 Å². The fourth-order valence-electron chi connectivity index (χ4n) is 3.23. The van der Waals surface area contributed by atoms with Gasteiger partial charge in [-0.15, -0.1) is 0 Å². The van der Waals surface area contributed by atoms with Gasteiger partial charge in [0.05, 0.1) is 11.1 Å². The summed E-state index contributed by atoms with van der Waals surface area (Å²) < 4.78 is 52.4. The molecule has 5 nitrogen and oxygen atoms in total. The number of hydrogen-bond acceptors (Lipinski definition) is 4. The van der Waals surface area contributed by atoms with Crippen LogP contribution >= 0.6 is 0 Å². The number of alkyl halides is 3. The summed E-state index contributed by atoms with van der Waals surface area (Å²) in [5.74, 6) is -3.01. The average Bonchev–Trinajstić information content (AvgIpc) is 2.60. The summed E-state index contributed by atoms with van der Waals surface area (Å²) in [7, 11) is 1.35. The molecule has 0 spiro atoms.